The number of carbonyl (C=O) groups excluding carboxylic acids is 4. The number of amides is 4. The summed E-state index contributed by atoms with van der Waals surface area (Å²) >= 11 is 0. The van der Waals surface area contributed by atoms with Gasteiger partial charge in [-0.15, -0.1) is 0 Å². The summed E-state index contributed by atoms with van der Waals surface area (Å²) in [7, 11) is 3.27. The molecule has 0 N–H and O–H groups in total. The van der Waals surface area contributed by atoms with Crippen LogP contribution in [0.1, 0.15) is 68.2 Å². The van der Waals surface area contributed by atoms with Gasteiger partial charge in [-0.1, -0.05) is 36.4 Å². The van der Waals surface area contributed by atoms with E-state index in [0.29, 0.717) is 34.9 Å². The van der Waals surface area contributed by atoms with E-state index in [1.807, 2.05) is 66.8 Å². The number of rotatable bonds is 6. The van der Waals surface area contributed by atoms with Crippen molar-refractivity contribution in [3.63, 3.8) is 0 Å². The van der Waals surface area contributed by atoms with E-state index in [2.05, 4.69) is 6.08 Å². The molecule has 4 aromatic rings. The molecule has 2 heterocycles. The Morgan fingerprint density at radius 1 is 0.708 bits per heavy atom. The summed E-state index contributed by atoms with van der Waals surface area (Å²) in [4.78, 5) is 58.6. The van der Waals surface area contributed by atoms with Crippen LogP contribution < -0.4 is 5.22 Å². The van der Waals surface area contributed by atoms with Gasteiger partial charge < -0.3 is 9.47 Å². The van der Waals surface area contributed by atoms with Crippen molar-refractivity contribution in [2.24, 2.45) is 5.92 Å². The highest BCUT2D eigenvalue weighted by atomic mass is 16.5. The normalized spacial score (nSPS) is 21.5. The fourth-order valence-corrected chi connectivity index (χ4v) is 8.37. The molecule has 5 aliphatic rings. The molecule has 9 rings (SSSR count). The minimum absolute atomic E-state index is 0.00533. The average Bonchev–Trinajstić information content (AvgIpc) is 3.13. The topological polar surface area (TPSA) is 93.2 Å². The third-order valence-electron chi connectivity index (χ3n) is 10.8. The zero-order chi connectivity index (χ0) is 32.8. The van der Waals surface area contributed by atoms with Gasteiger partial charge in [0.05, 0.1) is 32.4 Å². The highest BCUT2D eigenvalue weighted by Gasteiger charge is 2.42. The first-order chi connectivity index (χ1) is 23.4. The van der Waals surface area contributed by atoms with E-state index in [9.17, 15) is 19.2 Å². The van der Waals surface area contributed by atoms with Gasteiger partial charge in [-0.3, -0.25) is 29.0 Å². The van der Waals surface area contributed by atoms with Crippen molar-refractivity contribution in [1.29, 1.82) is 0 Å². The zero-order valence-electron chi connectivity index (χ0n) is 26.7. The number of allylic oxidation sites excluding steroid dienone is 5. The van der Waals surface area contributed by atoms with Crippen LogP contribution in [0.5, 0.6) is 0 Å². The predicted molar refractivity (Wildman–Crippen MR) is 182 cm³/mol. The van der Waals surface area contributed by atoms with Crippen LogP contribution in [0.2, 0.25) is 0 Å². The van der Waals surface area contributed by atoms with Crippen LogP contribution in [-0.4, -0.2) is 60.7 Å². The molecule has 2 unspecified atom stereocenters. The summed E-state index contributed by atoms with van der Waals surface area (Å²) in [6, 6.07) is 11.4. The summed E-state index contributed by atoms with van der Waals surface area (Å²) in [5, 5.41) is 6.14. The summed E-state index contributed by atoms with van der Waals surface area (Å²) in [5.74, 6) is 0.182. The SMILES string of the molecule is COC1=CCC(CN2C(=O)c3ccc4c5c6c7c(ccc6c6ccc(c3c46)C2=O)C(=O)N(CC2=CC=C(OC)CC2)C(=O)C7CC=5)C=C1. The molecule has 2 aliphatic heterocycles. The number of methoxy groups -OCH3 is 2. The third kappa shape index (κ3) is 3.95. The molecule has 2 atom stereocenters. The van der Waals surface area contributed by atoms with Crippen molar-refractivity contribution in [3.05, 3.63) is 111 Å². The second kappa shape index (κ2) is 10.5. The number of hydrogen-bond donors (Lipinski definition) is 0. The summed E-state index contributed by atoms with van der Waals surface area (Å²) < 4.78 is 10.6. The molecular weight excluding hydrogens is 604 g/mol. The van der Waals surface area contributed by atoms with E-state index in [1.165, 1.54) is 9.80 Å². The second-order valence-electron chi connectivity index (χ2n) is 13.2. The molecule has 0 fully saturated rings. The predicted octanol–water partition coefficient (Wildman–Crippen LogP) is 6.07. The molecule has 4 amide bonds. The lowest BCUT2D eigenvalue weighted by Crippen LogP contribution is -2.46. The van der Waals surface area contributed by atoms with Crippen molar-refractivity contribution in [2.75, 3.05) is 27.3 Å². The van der Waals surface area contributed by atoms with E-state index < -0.39 is 5.92 Å². The molecule has 8 nitrogen and oxygen atoms in total. The van der Waals surface area contributed by atoms with Gasteiger partial charge in [-0.2, -0.15) is 0 Å². The summed E-state index contributed by atoms with van der Waals surface area (Å²) in [5.41, 5.74) is 3.40. The first-order valence-corrected chi connectivity index (χ1v) is 16.4. The maximum atomic E-state index is 14.0. The van der Waals surface area contributed by atoms with Crippen LogP contribution in [0.4, 0.5) is 0 Å². The molecule has 0 radical (unpaired) electrons. The van der Waals surface area contributed by atoms with Crippen LogP contribution in [0.15, 0.2) is 83.9 Å². The molecule has 0 saturated heterocycles. The second-order valence-corrected chi connectivity index (χ2v) is 13.2. The molecule has 0 aromatic heterocycles. The van der Waals surface area contributed by atoms with Crippen LogP contribution in [0.25, 0.3) is 38.4 Å². The number of ether oxygens (including phenoxy) is 2. The zero-order valence-corrected chi connectivity index (χ0v) is 26.7. The fraction of sp³-hybridized carbons (Fsp3) is 0.250. The van der Waals surface area contributed by atoms with E-state index >= 15 is 0 Å². The van der Waals surface area contributed by atoms with Gasteiger partial charge in [0, 0.05) is 35.0 Å². The lowest BCUT2D eigenvalue weighted by Gasteiger charge is -2.36. The Bertz CT molecular complexity index is 2350. The van der Waals surface area contributed by atoms with Crippen LogP contribution in [0, 0.1) is 5.92 Å². The molecule has 4 aromatic carbocycles. The van der Waals surface area contributed by atoms with Crippen LogP contribution >= 0.6 is 0 Å². The van der Waals surface area contributed by atoms with Gasteiger partial charge in [0.2, 0.25) is 5.91 Å². The van der Waals surface area contributed by atoms with Crippen LogP contribution in [-0.2, 0) is 14.3 Å². The fourth-order valence-electron chi connectivity index (χ4n) is 8.37. The molecule has 0 saturated carbocycles. The minimum Gasteiger partial charge on any atom is -0.501 e. The van der Waals surface area contributed by atoms with E-state index in [-0.39, 0.29) is 42.6 Å². The molecule has 0 spiro atoms. The third-order valence-corrected chi connectivity index (χ3v) is 10.8. The van der Waals surface area contributed by atoms with Crippen molar-refractivity contribution in [2.45, 2.75) is 31.6 Å². The van der Waals surface area contributed by atoms with E-state index in [4.69, 9.17) is 9.47 Å². The van der Waals surface area contributed by atoms with Crippen LogP contribution in [0.3, 0.4) is 0 Å². The van der Waals surface area contributed by atoms with Gasteiger partial charge in [0.25, 0.3) is 17.7 Å². The Balaban J connectivity index is 1.15. The number of fused-ring (bicyclic) bond motifs is 2. The van der Waals surface area contributed by atoms with Crippen molar-refractivity contribution >= 4 is 62.0 Å². The molecule has 48 heavy (non-hydrogen) atoms. The monoisotopic (exact) mass is 636 g/mol. The van der Waals surface area contributed by atoms with Crippen molar-refractivity contribution < 1.29 is 28.7 Å². The standard InChI is InChI=1S/C40H32N2O6/c1-47-23-7-3-21(4-8-23)19-41-37(43)29-15-11-25-27-13-17-31-36-32(40(46)42(39(31)45)20-22-5-9-24(48-2)10-6-22)18-14-28(34(27)36)26-12-16-30(38(41)44)35(29)33(25)26/h3,5,7-9,11-17,21,32H,4,6,10,18-20H2,1-2H3. The minimum atomic E-state index is -0.458. The van der Waals surface area contributed by atoms with Crippen molar-refractivity contribution in [1.82, 2.24) is 9.80 Å². The molecule has 8 heteroatoms. The number of hydrogen-bond acceptors (Lipinski definition) is 6. The van der Waals surface area contributed by atoms with Gasteiger partial charge in [-0.25, -0.2) is 0 Å². The molecular formula is C40H32N2O6. The Kier molecular flexibility index (Phi) is 6.28. The van der Waals surface area contributed by atoms with Gasteiger partial charge in [0.1, 0.15) is 5.76 Å². The Hall–Kier alpha value is -5.50. The highest BCUT2D eigenvalue weighted by molar-refractivity contribution is 6.34. The Labute approximate surface area is 276 Å². The summed E-state index contributed by atoms with van der Waals surface area (Å²) in [6.07, 6.45) is 14.4. The number of nitrogens with zero attached hydrogens (tertiary/aromatic N) is 2. The van der Waals surface area contributed by atoms with Crippen molar-refractivity contribution in [3.8, 4) is 0 Å². The number of imide groups is 2. The van der Waals surface area contributed by atoms with Gasteiger partial charge in [-0.05, 0) is 105 Å². The molecule has 238 valence electrons. The Morgan fingerprint density at radius 2 is 1.42 bits per heavy atom. The maximum absolute atomic E-state index is 14.0. The van der Waals surface area contributed by atoms with E-state index in [1.54, 1.807) is 14.2 Å². The largest absolute Gasteiger partial charge is 0.501 e. The maximum Gasteiger partial charge on any atom is 0.261 e. The first kappa shape index (κ1) is 28.7. The molecule has 3 aliphatic carbocycles. The van der Waals surface area contributed by atoms with Gasteiger partial charge in [0.15, 0.2) is 0 Å². The number of carbonyl (C=O) groups is 4. The lowest BCUT2D eigenvalue weighted by atomic mass is 9.76. The van der Waals surface area contributed by atoms with E-state index in [0.717, 1.165) is 67.6 Å². The average molecular weight is 637 g/mol. The quantitative estimate of drug-likeness (QED) is 0.145. The molecule has 0 bridgehead atoms. The number of benzene rings is 4. The smallest absolute Gasteiger partial charge is 0.261 e. The Morgan fingerprint density at radius 3 is 2.08 bits per heavy atom. The lowest BCUT2D eigenvalue weighted by molar-refractivity contribution is -0.130. The summed E-state index contributed by atoms with van der Waals surface area (Å²) in [6.45, 7) is 0.554. The first-order valence-electron chi connectivity index (χ1n) is 16.4. The van der Waals surface area contributed by atoms with Gasteiger partial charge >= 0.3 is 0 Å². The highest BCUT2D eigenvalue weighted by Crippen LogP contribution is 2.44.